The first-order valence-electron chi connectivity index (χ1n) is 11.6. The number of ether oxygens (including phenoxy) is 1. The fraction of sp³-hybridized carbons (Fsp3) is 0.750. The van der Waals surface area contributed by atoms with Gasteiger partial charge in [-0.2, -0.15) is 0 Å². The summed E-state index contributed by atoms with van der Waals surface area (Å²) < 4.78 is 12.1. The second-order valence-electron chi connectivity index (χ2n) is 10.9. The Balaban J connectivity index is 1.86. The maximum Gasteiger partial charge on any atom is 0.233 e. The van der Waals surface area contributed by atoms with Crippen molar-refractivity contribution in [2.45, 2.75) is 89.9 Å². The van der Waals surface area contributed by atoms with Crippen LogP contribution in [0.2, 0.25) is 23.8 Å². The van der Waals surface area contributed by atoms with Gasteiger partial charge in [0, 0.05) is 12.2 Å². The van der Waals surface area contributed by atoms with Crippen molar-refractivity contribution in [3.8, 4) is 0 Å². The predicted molar refractivity (Wildman–Crippen MR) is 128 cm³/mol. The third-order valence-corrected chi connectivity index (χ3v) is 11.4. The minimum Gasteiger partial charge on any atom is -0.417 e. The molecule has 0 bridgehead atoms. The molecule has 0 aromatic carbocycles. The highest BCUT2D eigenvalue weighted by atomic mass is 35.5. The molecular formula is C24H39ClN2O3Si. The zero-order chi connectivity index (χ0) is 23.1. The Labute approximate surface area is 193 Å². The number of rotatable bonds is 8. The van der Waals surface area contributed by atoms with E-state index in [0.29, 0.717) is 43.4 Å². The van der Waals surface area contributed by atoms with Crippen LogP contribution in [0.15, 0.2) is 12.1 Å². The van der Waals surface area contributed by atoms with Crippen LogP contribution in [0, 0.1) is 5.41 Å². The summed E-state index contributed by atoms with van der Waals surface area (Å²) in [5.74, 6) is 0.0181. The third-order valence-electron chi connectivity index (χ3n) is 7.38. The molecule has 1 saturated heterocycles. The van der Waals surface area contributed by atoms with Crippen molar-refractivity contribution in [2.75, 3.05) is 19.8 Å². The Bertz CT molecular complexity index is 820. The van der Waals surface area contributed by atoms with Crippen molar-refractivity contribution in [1.82, 2.24) is 10.3 Å². The molecule has 2 unspecified atom stereocenters. The first-order chi connectivity index (χ1) is 14.4. The largest absolute Gasteiger partial charge is 0.417 e. The van der Waals surface area contributed by atoms with Gasteiger partial charge in [0.1, 0.15) is 10.7 Å². The van der Waals surface area contributed by atoms with Gasteiger partial charge in [0.05, 0.1) is 24.3 Å². The lowest BCUT2D eigenvalue weighted by Gasteiger charge is -2.51. The van der Waals surface area contributed by atoms with Crippen molar-refractivity contribution in [2.24, 2.45) is 5.41 Å². The maximum absolute atomic E-state index is 13.5. The number of aromatic nitrogens is 1. The SMILES string of the molecule is CCCC(C(C)(C)C)[Si](C)(C)OCCC1(CC)C(=O)NC2(COC2)c2ccc(Cl)nc21. The number of amides is 1. The Morgan fingerprint density at radius 1 is 1.29 bits per heavy atom. The molecular weight excluding hydrogens is 428 g/mol. The summed E-state index contributed by atoms with van der Waals surface area (Å²) in [6.45, 7) is 17.4. The molecule has 3 heterocycles. The van der Waals surface area contributed by atoms with Gasteiger partial charge in [0.15, 0.2) is 8.32 Å². The first-order valence-corrected chi connectivity index (χ1v) is 15.0. The molecule has 0 aliphatic carbocycles. The summed E-state index contributed by atoms with van der Waals surface area (Å²) >= 11 is 6.30. The average molecular weight is 467 g/mol. The summed E-state index contributed by atoms with van der Waals surface area (Å²) in [5, 5.41) is 3.69. The summed E-state index contributed by atoms with van der Waals surface area (Å²) in [6.07, 6.45) is 3.58. The summed E-state index contributed by atoms with van der Waals surface area (Å²) in [7, 11) is -1.97. The number of hydrogen-bond donors (Lipinski definition) is 1. The highest BCUT2D eigenvalue weighted by Gasteiger charge is 2.55. The number of carbonyl (C=O) groups is 1. The molecule has 1 fully saturated rings. The van der Waals surface area contributed by atoms with E-state index in [2.05, 4.69) is 58.0 Å². The number of pyridine rings is 1. The van der Waals surface area contributed by atoms with Gasteiger partial charge >= 0.3 is 0 Å². The molecule has 174 valence electrons. The van der Waals surface area contributed by atoms with Crippen LogP contribution < -0.4 is 5.32 Å². The number of nitrogens with one attached hydrogen (secondary N) is 1. The Morgan fingerprint density at radius 2 is 1.97 bits per heavy atom. The zero-order valence-electron chi connectivity index (χ0n) is 20.2. The van der Waals surface area contributed by atoms with E-state index in [1.54, 1.807) is 0 Å². The van der Waals surface area contributed by atoms with E-state index in [4.69, 9.17) is 20.8 Å². The Kier molecular flexibility index (Phi) is 6.98. The molecule has 1 aromatic heterocycles. The van der Waals surface area contributed by atoms with Crippen LogP contribution in [0.1, 0.15) is 71.6 Å². The van der Waals surface area contributed by atoms with Crippen LogP contribution in [0.5, 0.6) is 0 Å². The van der Waals surface area contributed by atoms with Crippen molar-refractivity contribution in [3.05, 3.63) is 28.5 Å². The van der Waals surface area contributed by atoms with Crippen molar-refractivity contribution in [3.63, 3.8) is 0 Å². The fourth-order valence-electron chi connectivity index (χ4n) is 5.67. The number of nitrogens with zero attached hydrogens (tertiary/aromatic N) is 1. The second kappa shape index (κ2) is 8.77. The maximum atomic E-state index is 13.5. The van der Waals surface area contributed by atoms with Crippen LogP contribution in [0.3, 0.4) is 0 Å². The number of hydrogen-bond acceptors (Lipinski definition) is 4. The van der Waals surface area contributed by atoms with Gasteiger partial charge in [-0.15, -0.1) is 0 Å². The van der Waals surface area contributed by atoms with E-state index < -0.39 is 19.3 Å². The zero-order valence-corrected chi connectivity index (χ0v) is 22.0. The van der Waals surface area contributed by atoms with E-state index in [9.17, 15) is 4.79 Å². The highest BCUT2D eigenvalue weighted by molar-refractivity contribution is 6.72. The molecule has 3 rings (SSSR count). The second-order valence-corrected chi connectivity index (χ2v) is 15.5. The van der Waals surface area contributed by atoms with Crippen LogP contribution >= 0.6 is 11.6 Å². The van der Waals surface area contributed by atoms with Crippen molar-refractivity contribution >= 4 is 25.8 Å². The van der Waals surface area contributed by atoms with Gasteiger partial charge < -0.3 is 14.5 Å². The summed E-state index contributed by atoms with van der Waals surface area (Å²) in [5.41, 5.74) is 1.41. The molecule has 1 amide bonds. The van der Waals surface area contributed by atoms with Crippen LogP contribution in [-0.2, 0) is 24.9 Å². The molecule has 1 N–H and O–H groups in total. The van der Waals surface area contributed by atoms with E-state index >= 15 is 0 Å². The molecule has 1 aromatic rings. The lowest BCUT2D eigenvalue weighted by molar-refractivity contribution is -0.144. The van der Waals surface area contributed by atoms with Gasteiger partial charge in [0.2, 0.25) is 5.91 Å². The Morgan fingerprint density at radius 3 is 2.48 bits per heavy atom. The molecule has 1 spiro atoms. The monoisotopic (exact) mass is 466 g/mol. The molecule has 2 aliphatic heterocycles. The summed E-state index contributed by atoms with van der Waals surface area (Å²) in [4.78, 5) is 18.2. The topological polar surface area (TPSA) is 60.5 Å². The smallest absolute Gasteiger partial charge is 0.233 e. The number of halogens is 1. The van der Waals surface area contributed by atoms with Gasteiger partial charge in [-0.3, -0.25) is 4.79 Å². The van der Waals surface area contributed by atoms with Crippen molar-refractivity contribution < 1.29 is 14.0 Å². The van der Waals surface area contributed by atoms with Gasteiger partial charge in [-0.1, -0.05) is 65.1 Å². The standard InChI is InChI=1S/C24H39ClN2O3Si/c1-8-10-18(22(3,4)5)31(6,7)30-14-13-23(9-2)20-17(11-12-19(25)26-20)24(15-29-16-24)27-21(23)28/h11-12,18H,8-10,13-16H2,1-7H3,(H,27,28). The molecule has 2 aliphatic rings. The predicted octanol–water partition coefficient (Wildman–Crippen LogP) is 5.57. The van der Waals surface area contributed by atoms with Gasteiger partial charge in [0.25, 0.3) is 0 Å². The van der Waals surface area contributed by atoms with Crippen molar-refractivity contribution in [1.29, 1.82) is 0 Å². The molecule has 31 heavy (non-hydrogen) atoms. The van der Waals surface area contributed by atoms with E-state index in [1.807, 2.05) is 12.1 Å². The quantitative estimate of drug-likeness (QED) is 0.402. The van der Waals surface area contributed by atoms with Crippen LogP contribution in [0.4, 0.5) is 0 Å². The Hall–Kier alpha value is -0.953. The lowest BCUT2D eigenvalue weighted by Crippen LogP contribution is -2.67. The lowest BCUT2D eigenvalue weighted by atomic mass is 9.68. The normalized spacial score (nSPS) is 23.8. The first kappa shape index (κ1) is 24.7. The molecule has 0 saturated carbocycles. The number of fused-ring (bicyclic) bond motifs is 2. The number of carbonyl (C=O) groups excluding carboxylic acids is 1. The summed E-state index contributed by atoms with van der Waals surface area (Å²) in [6, 6.07) is 3.82. The van der Waals surface area contributed by atoms with Crippen LogP contribution in [0.25, 0.3) is 0 Å². The fourth-order valence-corrected chi connectivity index (χ4v) is 9.72. The molecule has 0 radical (unpaired) electrons. The van der Waals surface area contributed by atoms with Crippen LogP contribution in [-0.4, -0.2) is 39.0 Å². The highest BCUT2D eigenvalue weighted by Crippen LogP contribution is 2.46. The average Bonchev–Trinajstić information content (AvgIpc) is 2.65. The molecule has 2 atom stereocenters. The molecule has 5 nitrogen and oxygen atoms in total. The van der Waals surface area contributed by atoms with Gasteiger partial charge in [-0.25, -0.2) is 4.98 Å². The minimum atomic E-state index is -1.97. The van der Waals surface area contributed by atoms with E-state index in [0.717, 1.165) is 17.7 Å². The third kappa shape index (κ3) is 4.46. The van der Waals surface area contributed by atoms with E-state index in [1.165, 1.54) is 6.42 Å². The van der Waals surface area contributed by atoms with E-state index in [-0.39, 0.29) is 11.3 Å². The van der Waals surface area contributed by atoms with Gasteiger partial charge in [-0.05, 0) is 43.0 Å². The molecule has 7 heteroatoms. The minimum absolute atomic E-state index is 0.0181.